The Bertz CT molecular complexity index is 718. The van der Waals surface area contributed by atoms with E-state index in [0.29, 0.717) is 24.3 Å². The highest BCUT2D eigenvalue weighted by molar-refractivity contribution is 5.92. The minimum Gasteiger partial charge on any atom is -0.465 e. The number of anilines is 1. The van der Waals surface area contributed by atoms with Gasteiger partial charge >= 0.3 is 6.09 Å². The normalized spacial score (nSPS) is 18.4. The molecule has 21 heavy (non-hydrogen) atoms. The number of fused-ring (bicyclic) bond motifs is 1. The van der Waals surface area contributed by atoms with Crippen LogP contribution >= 0.6 is 0 Å². The van der Waals surface area contributed by atoms with Gasteiger partial charge < -0.3 is 20.3 Å². The van der Waals surface area contributed by atoms with E-state index < -0.39 is 6.09 Å². The molecule has 0 radical (unpaired) electrons. The summed E-state index contributed by atoms with van der Waals surface area (Å²) in [5, 5.41) is 22.5. The number of carbonyl (C=O) groups is 1. The zero-order valence-corrected chi connectivity index (χ0v) is 11.3. The minimum absolute atomic E-state index is 0.00227. The third kappa shape index (κ3) is 2.48. The molecule has 2 aromatic rings. The van der Waals surface area contributed by atoms with E-state index in [4.69, 9.17) is 5.11 Å². The highest BCUT2D eigenvalue weighted by atomic mass is 16.4. The molecule has 0 bridgehead atoms. The lowest BCUT2D eigenvalue weighted by molar-refractivity contribution is 0.133. The van der Waals surface area contributed by atoms with Gasteiger partial charge in [-0.05, 0) is 18.9 Å². The molecule has 0 saturated carbocycles. The van der Waals surface area contributed by atoms with Crippen molar-refractivity contribution in [3.63, 3.8) is 0 Å². The fraction of sp³-hybridized carbons (Fsp3) is 0.357. The van der Waals surface area contributed by atoms with Gasteiger partial charge in [0.05, 0.1) is 11.3 Å². The topological polar surface area (TPSA) is 105 Å². The van der Waals surface area contributed by atoms with Gasteiger partial charge in [-0.2, -0.15) is 5.26 Å². The highest BCUT2D eigenvalue weighted by Crippen LogP contribution is 2.27. The van der Waals surface area contributed by atoms with Gasteiger partial charge in [-0.25, -0.2) is 9.78 Å². The number of likely N-dealkylation sites (tertiary alicyclic amines) is 1. The van der Waals surface area contributed by atoms with E-state index in [1.54, 1.807) is 6.20 Å². The molecule has 0 spiro atoms. The second-order valence-electron chi connectivity index (χ2n) is 5.11. The van der Waals surface area contributed by atoms with Crippen molar-refractivity contribution < 1.29 is 9.90 Å². The molecule has 7 nitrogen and oxygen atoms in total. The Balaban J connectivity index is 1.89. The molecule has 2 aromatic heterocycles. The molecule has 1 fully saturated rings. The number of hydrogen-bond acceptors (Lipinski definition) is 4. The molecule has 3 heterocycles. The van der Waals surface area contributed by atoms with E-state index in [0.717, 1.165) is 23.9 Å². The molecule has 1 atom stereocenters. The largest absolute Gasteiger partial charge is 0.465 e. The van der Waals surface area contributed by atoms with Crippen molar-refractivity contribution >= 4 is 22.8 Å². The van der Waals surface area contributed by atoms with Crippen molar-refractivity contribution in [3.8, 4) is 6.07 Å². The van der Waals surface area contributed by atoms with Crippen LogP contribution in [-0.4, -0.2) is 45.2 Å². The Morgan fingerprint density at radius 3 is 3.24 bits per heavy atom. The van der Waals surface area contributed by atoms with Gasteiger partial charge in [-0.3, -0.25) is 0 Å². The average molecular weight is 285 g/mol. The van der Waals surface area contributed by atoms with Crippen LogP contribution in [0.2, 0.25) is 0 Å². The molecule has 3 N–H and O–H groups in total. The lowest BCUT2D eigenvalue weighted by atomic mass is 10.0. The molecule has 1 aliphatic heterocycles. The van der Waals surface area contributed by atoms with Crippen LogP contribution < -0.4 is 5.32 Å². The second kappa shape index (κ2) is 5.32. The second-order valence-corrected chi connectivity index (χ2v) is 5.11. The fourth-order valence-electron chi connectivity index (χ4n) is 2.72. The lowest BCUT2D eigenvalue weighted by Crippen LogP contribution is -2.44. The first kappa shape index (κ1) is 13.2. The molecule has 0 aromatic carbocycles. The maximum absolute atomic E-state index is 11.1. The smallest absolute Gasteiger partial charge is 0.407 e. The van der Waals surface area contributed by atoms with Crippen LogP contribution in [0.4, 0.5) is 10.5 Å². The molecular weight excluding hydrogens is 270 g/mol. The van der Waals surface area contributed by atoms with Gasteiger partial charge in [0.1, 0.15) is 11.7 Å². The first-order valence-corrected chi connectivity index (χ1v) is 6.79. The zero-order chi connectivity index (χ0) is 14.8. The molecular formula is C14H15N5O2. The van der Waals surface area contributed by atoms with Crippen LogP contribution in [-0.2, 0) is 0 Å². The molecule has 7 heteroatoms. The van der Waals surface area contributed by atoms with Crippen LogP contribution in [0.3, 0.4) is 0 Å². The Labute approximate surface area is 121 Å². The Morgan fingerprint density at radius 1 is 1.62 bits per heavy atom. The van der Waals surface area contributed by atoms with Gasteiger partial charge in [-0.15, -0.1) is 0 Å². The Kier molecular flexibility index (Phi) is 3.36. The summed E-state index contributed by atoms with van der Waals surface area (Å²) in [5.74, 6) is 0. The van der Waals surface area contributed by atoms with E-state index in [2.05, 4.69) is 21.4 Å². The maximum Gasteiger partial charge on any atom is 0.407 e. The molecule has 0 unspecified atom stereocenters. The van der Waals surface area contributed by atoms with Crippen molar-refractivity contribution in [1.82, 2.24) is 14.9 Å². The number of aromatic amines is 1. The number of pyridine rings is 1. The summed E-state index contributed by atoms with van der Waals surface area (Å²) in [5.41, 5.74) is 1.90. The summed E-state index contributed by atoms with van der Waals surface area (Å²) in [7, 11) is 0. The number of piperidine rings is 1. The van der Waals surface area contributed by atoms with Crippen molar-refractivity contribution in [2.75, 3.05) is 18.4 Å². The monoisotopic (exact) mass is 285 g/mol. The fourth-order valence-corrected chi connectivity index (χ4v) is 2.72. The number of nitrogens with zero attached hydrogens (tertiary/aromatic N) is 3. The van der Waals surface area contributed by atoms with E-state index in [1.165, 1.54) is 11.1 Å². The van der Waals surface area contributed by atoms with Crippen molar-refractivity contribution in [2.45, 2.75) is 18.9 Å². The quantitative estimate of drug-likeness (QED) is 0.782. The number of nitriles is 1. The van der Waals surface area contributed by atoms with Gasteiger partial charge in [-0.1, -0.05) is 0 Å². The summed E-state index contributed by atoms with van der Waals surface area (Å²) < 4.78 is 0. The number of aromatic nitrogens is 2. The van der Waals surface area contributed by atoms with Gasteiger partial charge in [0.25, 0.3) is 0 Å². The third-order valence-corrected chi connectivity index (χ3v) is 3.75. The number of nitrogens with one attached hydrogen (secondary N) is 2. The minimum atomic E-state index is -0.900. The van der Waals surface area contributed by atoms with Crippen LogP contribution in [0, 0.1) is 11.3 Å². The van der Waals surface area contributed by atoms with Crippen molar-refractivity contribution in [2.24, 2.45) is 0 Å². The van der Waals surface area contributed by atoms with E-state index in [-0.39, 0.29) is 6.04 Å². The van der Waals surface area contributed by atoms with E-state index in [9.17, 15) is 10.1 Å². The summed E-state index contributed by atoms with van der Waals surface area (Å²) in [6, 6.07) is 4.00. The van der Waals surface area contributed by atoms with E-state index >= 15 is 0 Å². The Hall–Kier alpha value is -2.75. The lowest BCUT2D eigenvalue weighted by Gasteiger charge is -2.32. The number of H-pyrrole nitrogens is 1. The van der Waals surface area contributed by atoms with Crippen molar-refractivity contribution in [3.05, 3.63) is 24.0 Å². The average Bonchev–Trinajstić information content (AvgIpc) is 2.96. The molecule has 108 valence electrons. The van der Waals surface area contributed by atoms with Crippen LogP contribution in [0.5, 0.6) is 0 Å². The van der Waals surface area contributed by atoms with Crippen LogP contribution in [0.25, 0.3) is 11.0 Å². The Morgan fingerprint density at radius 2 is 2.48 bits per heavy atom. The first-order chi connectivity index (χ1) is 10.2. The zero-order valence-electron chi connectivity index (χ0n) is 11.3. The number of carboxylic acid groups (broad SMARTS) is 1. The number of amides is 1. The summed E-state index contributed by atoms with van der Waals surface area (Å²) >= 11 is 0. The summed E-state index contributed by atoms with van der Waals surface area (Å²) in [4.78, 5) is 19.7. The van der Waals surface area contributed by atoms with Gasteiger partial charge in [0.15, 0.2) is 0 Å². The van der Waals surface area contributed by atoms with Crippen molar-refractivity contribution in [1.29, 1.82) is 5.26 Å². The third-order valence-electron chi connectivity index (χ3n) is 3.75. The van der Waals surface area contributed by atoms with Gasteiger partial charge in [0.2, 0.25) is 0 Å². The highest BCUT2D eigenvalue weighted by Gasteiger charge is 2.24. The standard InChI is InChI=1S/C14H15N5O2/c15-6-9-7-17-13-11(3-4-16-13)12(9)18-10-2-1-5-19(8-10)14(20)21/h3-4,7,10H,1-2,5,8H2,(H,20,21)(H2,16,17,18)/t10-/m1/s1. The van der Waals surface area contributed by atoms with Crippen LogP contribution in [0.15, 0.2) is 18.5 Å². The molecule has 0 aliphatic carbocycles. The number of rotatable bonds is 2. The molecule has 3 rings (SSSR count). The number of hydrogen-bond donors (Lipinski definition) is 3. The first-order valence-electron chi connectivity index (χ1n) is 6.79. The molecule has 1 amide bonds. The molecule has 1 aliphatic rings. The molecule has 1 saturated heterocycles. The predicted molar refractivity (Wildman–Crippen MR) is 77.1 cm³/mol. The van der Waals surface area contributed by atoms with Crippen LogP contribution in [0.1, 0.15) is 18.4 Å². The maximum atomic E-state index is 11.1. The predicted octanol–water partition coefficient (Wildman–Crippen LogP) is 1.99. The summed E-state index contributed by atoms with van der Waals surface area (Å²) in [6.07, 6.45) is 4.09. The van der Waals surface area contributed by atoms with Gasteiger partial charge in [0, 0.05) is 36.9 Å². The SMILES string of the molecule is N#Cc1cnc2[nH]ccc2c1N[C@@H]1CCCN(C(=O)O)C1. The van der Waals surface area contributed by atoms with E-state index in [1.807, 2.05) is 6.07 Å². The summed E-state index contributed by atoms with van der Waals surface area (Å²) in [6.45, 7) is 0.989.